The first-order chi connectivity index (χ1) is 21.6. The number of hydrogen-bond donors (Lipinski definition) is 1. The lowest BCUT2D eigenvalue weighted by Crippen LogP contribution is -2.28. The highest BCUT2D eigenvalue weighted by atomic mass is 16.6. The first-order valence-corrected chi connectivity index (χ1v) is 16.4. The fourth-order valence-electron chi connectivity index (χ4n) is 3.66. The van der Waals surface area contributed by atoms with Crippen molar-refractivity contribution in [3.63, 3.8) is 0 Å². The number of carbonyl (C=O) groups excluding carboxylic acids is 2. The van der Waals surface area contributed by atoms with Crippen LogP contribution < -0.4 is 0 Å². The Labute approximate surface area is 268 Å². The second kappa shape index (κ2) is 34.1. The number of allylic oxidation sites excluding steroid dienone is 18. The van der Waals surface area contributed by atoms with E-state index >= 15 is 0 Å². The Morgan fingerprint density at radius 1 is 0.523 bits per heavy atom. The molecule has 1 unspecified atom stereocenters. The summed E-state index contributed by atoms with van der Waals surface area (Å²) in [5.41, 5.74) is 0. The fraction of sp³-hybridized carbons (Fsp3) is 0.487. The smallest absolute Gasteiger partial charge is 0.306 e. The minimum absolute atomic E-state index is 0.135. The quantitative estimate of drug-likeness (QED) is 0.0572. The molecule has 0 fully saturated rings. The summed E-state index contributed by atoms with van der Waals surface area (Å²) in [6, 6.07) is 0. The summed E-state index contributed by atoms with van der Waals surface area (Å²) in [5.74, 6) is -0.771. The van der Waals surface area contributed by atoms with Gasteiger partial charge in [0.05, 0.1) is 6.61 Å². The van der Waals surface area contributed by atoms with Crippen LogP contribution in [0.4, 0.5) is 0 Å². The van der Waals surface area contributed by atoms with Crippen LogP contribution in [0.2, 0.25) is 0 Å². The van der Waals surface area contributed by atoms with Crippen LogP contribution in [0.3, 0.4) is 0 Å². The van der Waals surface area contributed by atoms with Gasteiger partial charge in [0.25, 0.3) is 0 Å². The van der Waals surface area contributed by atoms with Crippen molar-refractivity contribution >= 4 is 11.9 Å². The molecule has 244 valence electrons. The van der Waals surface area contributed by atoms with E-state index in [0.717, 1.165) is 64.2 Å². The number of aliphatic hydroxyl groups excluding tert-OH is 1. The first kappa shape index (κ1) is 40.6. The Morgan fingerprint density at radius 2 is 0.909 bits per heavy atom. The molecule has 0 radical (unpaired) electrons. The van der Waals surface area contributed by atoms with E-state index in [1.54, 1.807) is 0 Å². The van der Waals surface area contributed by atoms with Crippen molar-refractivity contribution in [2.45, 2.75) is 110 Å². The molecule has 0 aliphatic rings. The van der Waals surface area contributed by atoms with Gasteiger partial charge in [-0.3, -0.25) is 9.59 Å². The third kappa shape index (κ3) is 31.5. The highest BCUT2D eigenvalue weighted by molar-refractivity contribution is 5.70. The zero-order valence-electron chi connectivity index (χ0n) is 27.4. The molecule has 0 spiro atoms. The van der Waals surface area contributed by atoms with E-state index in [2.05, 4.69) is 111 Å². The third-order valence-corrected chi connectivity index (χ3v) is 6.08. The molecule has 1 atom stereocenters. The largest absolute Gasteiger partial charge is 0.462 e. The number of hydrogen-bond acceptors (Lipinski definition) is 5. The molecule has 5 heteroatoms. The van der Waals surface area contributed by atoms with Crippen LogP contribution in [0.15, 0.2) is 109 Å². The minimum Gasteiger partial charge on any atom is -0.462 e. The molecule has 0 aromatic carbocycles. The molecule has 0 aliphatic carbocycles. The molecule has 0 saturated heterocycles. The number of esters is 2. The lowest BCUT2D eigenvalue weighted by molar-refractivity contribution is -0.161. The number of carbonyl (C=O) groups is 2. The van der Waals surface area contributed by atoms with Gasteiger partial charge >= 0.3 is 11.9 Å². The Bertz CT molecular complexity index is 959. The van der Waals surface area contributed by atoms with Gasteiger partial charge in [-0.1, -0.05) is 123 Å². The van der Waals surface area contributed by atoms with Gasteiger partial charge in [-0.05, 0) is 77.0 Å². The molecular formula is C39H58O5. The third-order valence-electron chi connectivity index (χ3n) is 6.08. The van der Waals surface area contributed by atoms with Crippen molar-refractivity contribution in [3.05, 3.63) is 109 Å². The first-order valence-electron chi connectivity index (χ1n) is 16.4. The Balaban J connectivity index is 3.86. The highest BCUT2D eigenvalue weighted by Crippen LogP contribution is 2.05. The number of unbranched alkanes of at least 4 members (excludes halogenated alkanes) is 1. The second-order valence-corrected chi connectivity index (χ2v) is 10.1. The molecule has 1 N–H and O–H groups in total. The van der Waals surface area contributed by atoms with Gasteiger partial charge in [0.2, 0.25) is 0 Å². The van der Waals surface area contributed by atoms with Crippen LogP contribution in [0.5, 0.6) is 0 Å². The fourth-order valence-corrected chi connectivity index (χ4v) is 3.66. The zero-order chi connectivity index (χ0) is 32.2. The zero-order valence-corrected chi connectivity index (χ0v) is 27.4. The Hall–Kier alpha value is -3.44. The molecule has 0 heterocycles. The molecule has 0 bridgehead atoms. The van der Waals surface area contributed by atoms with Gasteiger partial charge in [0.15, 0.2) is 6.10 Å². The van der Waals surface area contributed by atoms with Gasteiger partial charge < -0.3 is 14.6 Å². The van der Waals surface area contributed by atoms with Crippen LogP contribution in [0, 0.1) is 0 Å². The number of ether oxygens (including phenoxy) is 2. The number of aliphatic hydroxyl groups is 1. The summed E-state index contributed by atoms with van der Waals surface area (Å²) in [5, 5.41) is 9.49. The lowest BCUT2D eigenvalue weighted by atomic mass is 10.2. The van der Waals surface area contributed by atoms with Crippen molar-refractivity contribution in [2.24, 2.45) is 0 Å². The summed E-state index contributed by atoms with van der Waals surface area (Å²) >= 11 is 0. The number of rotatable bonds is 27. The molecule has 0 amide bonds. The van der Waals surface area contributed by atoms with E-state index in [-0.39, 0.29) is 32.0 Å². The van der Waals surface area contributed by atoms with Gasteiger partial charge in [0.1, 0.15) is 6.61 Å². The Morgan fingerprint density at radius 3 is 1.32 bits per heavy atom. The molecule has 5 nitrogen and oxygen atoms in total. The topological polar surface area (TPSA) is 72.8 Å². The molecular weight excluding hydrogens is 548 g/mol. The summed E-state index contributed by atoms with van der Waals surface area (Å²) in [6.07, 6.45) is 48.7. The van der Waals surface area contributed by atoms with E-state index in [9.17, 15) is 14.7 Å². The van der Waals surface area contributed by atoms with Gasteiger partial charge in [-0.2, -0.15) is 0 Å². The maximum atomic E-state index is 12.1. The molecule has 0 saturated carbocycles. The maximum Gasteiger partial charge on any atom is 0.306 e. The average molecular weight is 607 g/mol. The van der Waals surface area contributed by atoms with Crippen molar-refractivity contribution in [2.75, 3.05) is 13.2 Å². The predicted molar refractivity (Wildman–Crippen MR) is 186 cm³/mol. The normalized spacial score (nSPS) is 13.6. The summed E-state index contributed by atoms with van der Waals surface area (Å²) in [4.78, 5) is 24.1. The molecule has 0 rings (SSSR count). The van der Waals surface area contributed by atoms with E-state index in [4.69, 9.17) is 9.47 Å². The predicted octanol–water partition coefficient (Wildman–Crippen LogP) is 9.94. The maximum absolute atomic E-state index is 12.1. The van der Waals surface area contributed by atoms with Crippen molar-refractivity contribution < 1.29 is 24.2 Å². The standard InChI is InChI=1S/C39H58O5/c1-3-5-7-9-11-13-15-17-18-19-20-22-24-26-28-30-32-34-39(42)44-37(35-40)36-43-38(41)33-31-29-27-25-23-21-16-14-12-10-8-6-4-2/h5-8,11-14,17-18,20-23,26-29,37,40H,3-4,9-10,15-16,19,24-25,30-36H2,1-2H3/b7-5-,8-6-,13-11-,14-12-,18-17-,22-20-,23-21-,28-26-,29-27-. The van der Waals surface area contributed by atoms with Gasteiger partial charge in [-0.25, -0.2) is 0 Å². The SMILES string of the molecule is CC/C=C\C/C=C\C/C=C\C/C=C\C/C=C\CCCC(=O)OC(CO)COC(=O)CC/C=C\C/C=C\C/C=C\C/C=C\CC. The van der Waals surface area contributed by atoms with Crippen LogP contribution in [-0.2, 0) is 19.1 Å². The van der Waals surface area contributed by atoms with Crippen LogP contribution in [-0.4, -0.2) is 36.4 Å². The van der Waals surface area contributed by atoms with Crippen molar-refractivity contribution in [1.29, 1.82) is 0 Å². The van der Waals surface area contributed by atoms with Gasteiger partial charge in [0, 0.05) is 12.8 Å². The minimum atomic E-state index is -0.836. The van der Waals surface area contributed by atoms with E-state index in [1.807, 2.05) is 12.2 Å². The molecule has 0 aliphatic heterocycles. The second-order valence-electron chi connectivity index (χ2n) is 10.1. The van der Waals surface area contributed by atoms with E-state index in [0.29, 0.717) is 12.8 Å². The van der Waals surface area contributed by atoms with E-state index < -0.39 is 12.1 Å². The van der Waals surface area contributed by atoms with Crippen LogP contribution >= 0.6 is 0 Å². The summed E-state index contributed by atoms with van der Waals surface area (Å²) in [6.45, 7) is 3.75. The summed E-state index contributed by atoms with van der Waals surface area (Å²) < 4.78 is 10.4. The van der Waals surface area contributed by atoms with Crippen molar-refractivity contribution in [3.8, 4) is 0 Å². The average Bonchev–Trinajstić information content (AvgIpc) is 3.02. The van der Waals surface area contributed by atoms with Crippen molar-refractivity contribution in [1.82, 2.24) is 0 Å². The molecule has 0 aromatic heterocycles. The van der Waals surface area contributed by atoms with Gasteiger partial charge in [-0.15, -0.1) is 0 Å². The van der Waals surface area contributed by atoms with Crippen LogP contribution in [0.1, 0.15) is 104 Å². The Kier molecular flexibility index (Phi) is 31.4. The van der Waals surface area contributed by atoms with E-state index in [1.165, 1.54) is 0 Å². The lowest BCUT2D eigenvalue weighted by Gasteiger charge is -2.15. The summed E-state index contributed by atoms with van der Waals surface area (Å²) in [7, 11) is 0. The highest BCUT2D eigenvalue weighted by Gasteiger charge is 2.15. The molecule has 44 heavy (non-hydrogen) atoms. The van der Waals surface area contributed by atoms with Crippen LogP contribution in [0.25, 0.3) is 0 Å². The molecule has 0 aromatic rings. The monoisotopic (exact) mass is 606 g/mol.